The maximum Gasteiger partial charge on any atom is 0.146 e. The van der Waals surface area contributed by atoms with Crippen LogP contribution in [-0.4, -0.2) is 51.6 Å². The molecule has 0 spiro atoms. The fourth-order valence-corrected chi connectivity index (χ4v) is 6.31. The average Bonchev–Trinajstić information content (AvgIpc) is 3.50. The zero-order valence-corrected chi connectivity index (χ0v) is 20.7. The topological polar surface area (TPSA) is 119 Å². The van der Waals surface area contributed by atoms with Gasteiger partial charge in [-0.2, -0.15) is 15.5 Å². The molecule has 2 saturated heterocycles. The summed E-state index contributed by atoms with van der Waals surface area (Å²) in [6.07, 6.45) is 8.70. The second kappa shape index (κ2) is 10.2. The first-order valence-electron chi connectivity index (χ1n) is 12.7. The fraction of sp³-hybridized carbons (Fsp3) is 0.615. The smallest absolute Gasteiger partial charge is 0.146 e. The lowest BCUT2D eigenvalue weighted by atomic mass is 9.78. The molecule has 2 aromatic heterocycles. The molecule has 3 fully saturated rings. The van der Waals surface area contributed by atoms with E-state index in [1.54, 1.807) is 6.20 Å². The van der Waals surface area contributed by atoms with Crippen molar-refractivity contribution in [3.05, 3.63) is 46.4 Å². The summed E-state index contributed by atoms with van der Waals surface area (Å²) in [7, 11) is 0. The Morgan fingerprint density at radius 1 is 1.26 bits per heavy atom. The molecule has 5 rings (SSSR count). The van der Waals surface area contributed by atoms with Gasteiger partial charge >= 0.3 is 0 Å². The largest absolute Gasteiger partial charge is 0.394 e. The number of aromatic nitrogens is 3. The van der Waals surface area contributed by atoms with E-state index in [9.17, 15) is 10.4 Å². The second-order valence-electron chi connectivity index (χ2n) is 10.2. The Bertz CT molecular complexity index is 1080. The quantitative estimate of drug-likeness (QED) is 0.577. The van der Waals surface area contributed by atoms with E-state index in [4.69, 9.17) is 9.72 Å². The molecule has 1 saturated carbocycles. The van der Waals surface area contributed by atoms with Crippen LogP contribution in [0.25, 0.3) is 0 Å². The molecule has 1 aliphatic carbocycles. The SMILES string of the molecule is Cc1cnnc(C)c1[C@@H](C)OC1CCC2NNC(c3cnc(N4CCC[C@H]4CO)c(C#N)c3)C2C1. The van der Waals surface area contributed by atoms with Crippen LogP contribution in [0.3, 0.4) is 0 Å². The van der Waals surface area contributed by atoms with Crippen molar-refractivity contribution in [3.8, 4) is 6.07 Å². The average molecular weight is 478 g/mol. The minimum atomic E-state index is -0.0427. The van der Waals surface area contributed by atoms with Crippen molar-refractivity contribution in [2.45, 2.75) is 83.2 Å². The van der Waals surface area contributed by atoms with E-state index in [1.165, 1.54) is 0 Å². The number of pyridine rings is 1. The first kappa shape index (κ1) is 24.1. The number of hydrazine groups is 1. The Morgan fingerprint density at radius 2 is 2.11 bits per heavy atom. The summed E-state index contributed by atoms with van der Waals surface area (Å²) < 4.78 is 6.57. The number of fused-ring (bicyclic) bond motifs is 1. The van der Waals surface area contributed by atoms with Crippen LogP contribution in [0, 0.1) is 31.1 Å². The molecule has 186 valence electrons. The van der Waals surface area contributed by atoms with Crippen molar-refractivity contribution in [1.29, 1.82) is 5.26 Å². The monoisotopic (exact) mass is 477 g/mol. The molecule has 6 atom stereocenters. The van der Waals surface area contributed by atoms with Crippen LogP contribution in [0.2, 0.25) is 0 Å². The van der Waals surface area contributed by atoms with Gasteiger partial charge in [-0.05, 0) is 76.0 Å². The van der Waals surface area contributed by atoms with Crippen LogP contribution < -0.4 is 15.8 Å². The van der Waals surface area contributed by atoms with Crippen LogP contribution in [0.1, 0.15) is 79.1 Å². The Balaban J connectivity index is 1.32. The lowest BCUT2D eigenvalue weighted by Gasteiger charge is -2.35. The fourth-order valence-electron chi connectivity index (χ4n) is 6.31. The van der Waals surface area contributed by atoms with Gasteiger partial charge in [0, 0.05) is 24.3 Å². The van der Waals surface area contributed by atoms with Gasteiger partial charge in [0.1, 0.15) is 11.9 Å². The van der Waals surface area contributed by atoms with Crippen molar-refractivity contribution in [2.24, 2.45) is 5.92 Å². The maximum absolute atomic E-state index is 9.89. The number of hydrogen-bond donors (Lipinski definition) is 3. The molecule has 3 aliphatic rings. The van der Waals surface area contributed by atoms with Gasteiger partial charge in [-0.3, -0.25) is 5.43 Å². The number of nitrogens with zero attached hydrogens (tertiary/aromatic N) is 5. The molecule has 0 amide bonds. The summed E-state index contributed by atoms with van der Waals surface area (Å²) in [6, 6.07) is 4.79. The van der Waals surface area contributed by atoms with Crippen LogP contribution in [0.15, 0.2) is 18.5 Å². The second-order valence-corrected chi connectivity index (χ2v) is 10.2. The lowest BCUT2D eigenvalue weighted by Crippen LogP contribution is -2.37. The van der Waals surface area contributed by atoms with E-state index < -0.39 is 0 Å². The number of rotatable bonds is 6. The highest BCUT2D eigenvalue weighted by Crippen LogP contribution is 2.41. The Labute approximate surface area is 206 Å². The van der Waals surface area contributed by atoms with Crippen molar-refractivity contribution in [2.75, 3.05) is 18.1 Å². The number of aliphatic hydroxyl groups is 1. The summed E-state index contributed by atoms with van der Waals surface area (Å²) in [5, 5.41) is 27.9. The van der Waals surface area contributed by atoms with Gasteiger partial charge in [0.05, 0.1) is 48.4 Å². The van der Waals surface area contributed by atoms with Crippen LogP contribution >= 0.6 is 0 Å². The van der Waals surface area contributed by atoms with E-state index in [0.717, 1.165) is 61.0 Å². The number of nitrogens with one attached hydrogen (secondary N) is 2. The third-order valence-electron chi connectivity index (χ3n) is 8.01. The van der Waals surface area contributed by atoms with Gasteiger partial charge < -0.3 is 14.7 Å². The van der Waals surface area contributed by atoms with E-state index in [-0.39, 0.29) is 30.9 Å². The van der Waals surface area contributed by atoms with Crippen LogP contribution in [0.5, 0.6) is 0 Å². The summed E-state index contributed by atoms with van der Waals surface area (Å²) in [5.41, 5.74) is 11.7. The third-order valence-corrected chi connectivity index (χ3v) is 8.01. The summed E-state index contributed by atoms with van der Waals surface area (Å²) in [4.78, 5) is 6.80. The van der Waals surface area contributed by atoms with Crippen molar-refractivity contribution in [3.63, 3.8) is 0 Å². The predicted molar refractivity (Wildman–Crippen MR) is 131 cm³/mol. The van der Waals surface area contributed by atoms with Crippen molar-refractivity contribution < 1.29 is 9.84 Å². The van der Waals surface area contributed by atoms with Crippen LogP contribution in [-0.2, 0) is 4.74 Å². The number of hydrogen-bond acceptors (Lipinski definition) is 9. The Hall–Kier alpha value is -2.64. The summed E-state index contributed by atoms with van der Waals surface area (Å²) >= 11 is 0. The summed E-state index contributed by atoms with van der Waals surface area (Å²) in [5.74, 6) is 1.03. The molecule has 0 aromatic carbocycles. The number of anilines is 1. The van der Waals surface area contributed by atoms with Gasteiger partial charge in [0.25, 0.3) is 0 Å². The van der Waals surface area contributed by atoms with Crippen molar-refractivity contribution in [1.82, 2.24) is 26.0 Å². The molecule has 0 bridgehead atoms. The number of nitriles is 1. The molecular weight excluding hydrogens is 442 g/mol. The predicted octanol–water partition coefficient (Wildman–Crippen LogP) is 2.79. The van der Waals surface area contributed by atoms with E-state index in [2.05, 4.69) is 45.9 Å². The number of aryl methyl sites for hydroxylation is 2. The molecule has 4 heterocycles. The lowest BCUT2D eigenvalue weighted by molar-refractivity contribution is -0.0377. The molecule has 3 N–H and O–H groups in total. The van der Waals surface area contributed by atoms with Gasteiger partial charge in [-0.15, -0.1) is 0 Å². The van der Waals surface area contributed by atoms with E-state index >= 15 is 0 Å². The van der Waals surface area contributed by atoms with Crippen molar-refractivity contribution >= 4 is 5.82 Å². The molecule has 35 heavy (non-hydrogen) atoms. The standard InChI is InChI=1S/C26H35N7O2/c1-15-12-29-30-16(2)24(15)17(3)35-21-6-7-23-22(10-21)25(32-31-23)19-9-18(11-27)26(28-13-19)33-8-4-5-20(33)14-34/h9,12-13,17,20-23,25,31-32,34H,4-8,10,14H2,1-3H3/t17-,20+,21?,22?,23?,25?/m1/s1. The van der Waals surface area contributed by atoms with Gasteiger partial charge in [0.15, 0.2) is 0 Å². The molecule has 2 aliphatic heterocycles. The minimum absolute atomic E-state index is 0.0391. The third kappa shape index (κ3) is 4.64. The van der Waals surface area contributed by atoms with Gasteiger partial charge in [-0.25, -0.2) is 10.4 Å². The molecule has 2 aromatic rings. The molecule has 0 radical (unpaired) electrons. The number of aliphatic hydroxyl groups excluding tert-OH is 1. The number of ether oxygens (including phenoxy) is 1. The first-order chi connectivity index (χ1) is 17.0. The van der Waals surface area contributed by atoms with E-state index in [1.807, 2.05) is 19.2 Å². The highest BCUT2D eigenvalue weighted by molar-refractivity contribution is 5.56. The van der Waals surface area contributed by atoms with Crippen LogP contribution in [0.4, 0.5) is 5.82 Å². The zero-order valence-electron chi connectivity index (χ0n) is 20.7. The molecule has 9 heteroatoms. The normalized spacial score (nSPS) is 29.1. The Kier molecular flexibility index (Phi) is 6.98. The summed E-state index contributed by atoms with van der Waals surface area (Å²) in [6.45, 7) is 7.06. The zero-order chi connectivity index (χ0) is 24.5. The highest BCUT2D eigenvalue weighted by atomic mass is 16.5. The molecular formula is C26H35N7O2. The Morgan fingerprint density at radius 3 is 2.89 bits per heavy atom. The minimum Gasteiger partial charge on any atom is -0.394 e. The maximum atomic E-state index is 9.89. The first-order valence-corrected chi connectivity index (χ1v) is 12.7. The molecule has 9 nitrogen and oxygen atoms in total. The van der Waals surface area contributed by atoms with E-state index in [0.29, 0.717) is 23.3 Å². The highest BCUT2D eigenvalue weighted by Gasteiger charge is 2.42. The molecule has 4 unspecified atom stereocenters. The van der Waals surface area contributed by atoms with Gasteiger partial charge in [0.2, 0.25) is 0 Å². The van der Waals surface area contributed by atoms with Gasteiger partial charge in [-0.1, -0.05) is 0 Å².